The van der Waals surface area contributed by atoms with Crippen molar-refractivity contribution < 1.29 is 4.74 Å². The number of hydrogen-bond donors (Lipinski definition) is 3. The van der Waals surface area contributed by atoms with Crippen molar-refractivity contribution in [3.05, 3.63) is 97.0 Å². The van der Waals surface area contributed by atoms with Crippen LogP contribution in [-0.2, 0) is 6.42 Å². The van der Waals surface area contributed by atoms with Crippen LogP contribution in [0.2, 0.25) is 0 Å². The van der Waals surface area contributed by atoms with Crippen LogP contribution in [0.1, 0.15) is 12.0 Å². The molecule has 0 aliphatic carbocycles. The Kier molecular flexibility index (Phi) is 8.26. The molecule has 1 saturated heterocycles. The summed E-state index contributed by atoms with van der Waals surface area (Å²) in [4.78, 5) is 15.9. The van der Waals surface area contributed by atoms with Gasteiger partial charge in [0.2, 0.25) is 0 Å². The first kappa shape index (κ1) is 26.0. The molecule has 3 N–H and O–H groups in total. The van der Waals surface area contributed by atoms with E-state index >= 15 is 0 Å². The minimum atomic E-state index is 0.522. The summed E-state index contributed by atoms with van der Waals surface area (Å²) in [5, 5.41) is 5.73. The second kappa shape index (κ2) is 12.7. The molecule has 0 amide bonds. The van der Waals surface area contributed by atoms with Crippen LogP contribution >= 0.6 is 0 Å². The lowest BCUT2D eigenvalue weighted by molar-refractivity contribution is 0.243. The molecule has 6 rings (SSSR count). The minimum absolute atomic E-state index is 0.522. The van der Waals surface area contributed by atoms with Crippen molar-refractivity contribution in [2.24, 2.45) is 5.92 Å². The van der Waals surface area contributed by atoms with Gasteiger partial charge in [-0.05, 0) is 49.2 Å². The Balaban J connectivity index is 0.955. The van der Waals surface area contributed by atoms with Gasteiger partial charge in [-0.1, -0.05) is 48.5 Å². The summed E-state index contributed by atoms with van der Waals surface area (Å²) in [5.41, 5.74) is 10.8. The number of nitrogens with one attached hydrogen (secondary N) is 3. The summed E-state index contributed by atoms with van der Waals surface area (Å²) in [6.45, 7) is 5.58. The topological polar surface area (TPSA) is 87.2 Å². The highest BCUT2D eigenvalue weighted by molar-refractivity contribution is 5.91. The predicted octanol–water partition coefficient (Wildman–Crippen LogP) is 5.15. The van der Waals surface area contributed by atoms with Crippen LogP contribution in [0.15, 0.2) is 91.4 Å². The van der Waals surface area contributed by atoms with Crippen molar-refractivity contribution in [2.75, 3.05) is 50.1 Å². The third-order valence-corrected chi connectivity index (χ3v) is 7.44. The van der Waals surface area contributed by atoms with Gasteiger partial charge in [-0.15, -0.1) is 0 Å². The van der Waals surface area contributed by atoms with Gasteiger partial charge in [-0.25, -0.2) is 15.4 Å². The van der Waals surface area contributed by atoms with Gasteiger partial charge in [0.1, 0.15) is 12.1 Å². The zero-order valence-electron chi connectivity index (χ0n) is 22.6. The Morgan fingerprint density at radius 1 is 0.850 bits per heavy atom. The van der Waals surface area contributed by atoms with Gasteiger partial charge in [0.25, 0.3) is 0 Å². The fourth-order valence-electron chi connectivity index (χ4n) is 5.29. The van der Waals surface area contributed by atoms with Crippen LogP contribution in [0.5, 0.6) is 5.75 Å². The molecule has 1 aliphatic rings. The Morgan fingerprint density at radius 2 is 1.75 bits per heavy atom. The van der Waals surface area contributed by atoms with Crippen molar-refractivity contribution in [1.29, 1.82) is 0 Å². The molecular weight excluding hydrogens is 498 g/mol. The zero-order chi connectivity index (χ0) is 27.0. The number of hydrazine groups is 1. The Hall–Kier alpha value is -4.27. The first-order chi connectivity index (χ1) is 19.8. The highest BCUT2D eigenvalue weighted by Crippen LogP contribution is 2.25. The number of fused-ring (bicyclic) bond motifs is 2. The number of nitrogens with zero attached hydrogens (tertiary/aromatic N) is 4. The molecule has 1 fully saturated rings. The van der Waals surface area contributed by atoms with Crippen LogP contribution in [0, 0.1) is 5.92 Å². The van der Waals surface area contributed by atoms with E-state index in [1.54, 1.807) is 6.33 Å². The Labute approximate surface area is 234 Å². The van der Waals surface area contributed by atoms with Gasteiger partial charge in [0, 0.05) is 60.8 Å². The number of para-hydroxylation sites is 1. The van der Waals surface area contributed by atoms with E-state index in [4.69, 9.17) is 4.74 Å². The SMILES string of the molecule is c1ccc(CCNNc2ncnc3cc(OCC4CCN(CCNc5ccnc6ccccc56)C4)ccc23)cc1. The van der Waals surface area contributed by atoms with Gasteiger partial charge in [0.05, 0.1) is 17.6 Å². The molecule has 8 heteroatoms. The maximum Gasteiger partial charge on any atom is 0.151 e. The van der Waals surface area contributed by atoms with E-state index in [0.29, 0.717) is 12.5 Å². The summed E-state index contributed by atoms with van der Waals surface area (Å²) in [6.07, 6.45) is 5.54. The quantitative estimate of drug-likeness (QED) is 0.150. The third kappa shape index (κ3) is 6.47. The molecule has 40 heavy (non-hydrogen) atoms. The lowest BCUT2D eigenvalue weighted by atomic mass is 10.1. The second-order valence-electron chi connectivity index (χ2n) is 10.3. The lowest BCUT2D eigenvalue weighted by Gasteiger charge is -2.18. The smallest absolute Gasteiger partial charge is 0.151 e. The number of ether oxygens (including phenoxy) is 1. The predicted molar refractivity (Wildman–Crippen MR) is 162 cm³/mol. The van der Waals surface area contributed by atoms with E-state index in [9.17, 15) is 0 Å². The number of benzene rings is 3. The average molecular weight is 534 g/mol. The van der Waals surface area contributed by atoms with E-state index in [2.05, 4.69) is 84.6 Å². The van der Waals surface area contributed by atoms with Gasteiger partial charge < -0.3 is 20.4 Å². The maximum absolute atomic E-state index is 6.21. The standard InChI is InChI=1S/C32H35N7O/c1-2-6-24(7-3-1)12-16-37-38-32-28-11-10-26(20-31(28)35-23-36-32)40-22-25-14-18-39(21-25)19-17-34-30-13-15-33-29-9-5-4-8-27(29)30/h1-11,13,15,20,23,25,37H,12,14,16-19,21-22H2,(H,33,34)(H,35,36,38). The highest BCUT2D eigenvalue weighted by atomic mass is 16.5. The van der Waals surface area contributed by atoms with Crippen LogP contribution in [-0.4, -0.2) is 59.2 Å². The van der Waals surface area contributed by atoms with Gasteiger partial charge in [-0.2, -0.15) is 0 Å². The summed E-state index contributed by atoms with van der Waals surface area (Å²) in [5.74, 6) is 2.14. The van der Waals surface area contributed by atoms with E-state index in [0.717, 1.165) is 79.2 Å². The maximum atomic E-state index is 6.21. The van der Waals surface area contributed by atoms with Crippen LogP contribution in [0.3, 0.4) is 0 Å². The fourth-order valence-corrected chi connectivity index (χ4v) is 5.29. The largest absolute Gasteiger partial charge is 0.493 e. The van der Waals surface area contributed by atoms with Crippen LogP contribution in [0.25, 0.3) is 21.8 Å². The summed E-state index contributed by atoms with van der Waals surface area (Å²) < 4.78 is 6.21. The van der Waals surface area contributed by atoms with Gasteiger partial charge in [-0.3, -0.25) is 4.98 Å². The summed E-state index contributed by atoms with van der Waals surface area (Å²) in [6, 6.07) is 26.8. The molecule has 1 aliphatic heterocycles. The molecule has 0 spiro atoms. The van der Waals surface area contributed by atoms with Crippen molar-refractivity contribution >= 4 is 33.3 Å². The van der Waals surface area contributed by atoms with Crippen molar-refractivity contribution in [2.45, 2.75) is 12.8 Å². The zero-order valence-corrected chi connectivity index (χ0v) is 22.6. The Morgan fingerprint density at radius 3 is 2.70 bits per heavy atom. The normalized spacial score (nSPS) is 15.4. The fraction of sp³-hybridized carbons (Fsp3) is 0.281. The summed E-state index contributed by atoms with van der Waals surface area (Å²) in [7, 11) is 0. The number of likely N-dealkylation sites (tertiary alicyclic amines) is 1. The van der Waals surface area contributed by atoms with E-state index in [1.165, 1.54) is 10.9 Å². The molecule has 0 bridgehead atoms. The molecule has 8 nitrogen and oxygen atoms in total. The molecule has 0 saturated carbocycles. The number of anilines is 2. The van der Waals surface area contributed by atoms with Gasteiger partial charge in [0.15, 0.2) is 5.82 Å². The number of aromatic nitrogens is 3. The monoisotopic (exact) mass is 533 g/mol. The number of rotatable bonds is 12. The molecule has 204 valence electrons. The Bertz CT molecular complexity index is 1540. The third-order valence-electron chi connectivity index (χ3n) is 7.44. The molecular formula is C32H35N7O. The first-order valence-corrected chi connectivity index (χ1v) is 14.0. The van der Waals surface area contributed by atoms with Crippen LogP contribution in [0.4, 0.5) is 11.5 Å². The highest BCUT2D eigenvalue weighted by Gasteiger charge is 2.22. The average Bonchev–Trinajstić information content (AvgIpc) is 3.46. The molecule has 0 radical (unpaired) electrons. The molecule has 2 aromatic heterocycles. The van der Waals surface area contributed by atoms with E-state index in [1.807, 2.05) is 36.5 Å². The van der Waals surface area contributed by atoms with Crippen molar-refractivity contribution in [3.63, 3.8) is 0 Å². The van der Waals surface area contributed by atoms with E-state index in [-0.39, 0.29) is 0 Å². The molecule has 1 atom stereocenters. The van der Waals surface area contributed by atoms with Gasteiger partial charge >= 0.3 is 0 Å². The molecule has 3 heterocycles. The lowest BCUT2D eigenvalue weighted by Crippen LogP contribution is -2.28. The molecule has 3 aromatic carbocycles. The second-order valence-corrected chi connectivity index (χ2v) is 10.3. The molecule has 1 unspecified atom stereocenters. The van der Waals surface area contributed by atoms with Crippen molar-refractivity contribution in [1.82, 2.24) is 25.3 Å². The van der Waals surface area contributed by atoms with Crippen molar-refractivity contribution in [3.8, 4) is 5.75 Å². The first-order valence-electron chi connectivity index (χ1n) is 14.0. The van der Waals surface area contributed by atoms with E-state index < -0.39 is 0 Å². The summed E-state index contributed by atoms with van der Waals surface area (Å²) >= 11 is 0. The molecule has 5 aromatic rings. The number of hydrogen-bond acceptors (Lipinski definition) is 8. The number of pyridine rings is 1. The minimum Gasteiger partial charge on any atom is -0.493 e. The van der Waals surface area contributed by atoms with Crippen LogP contribution < -0.4 is 20.9 Å².